The van der Waals surface area contributed by atoms with Crippen molar-refractivity contribution in [1.29, 1.82) is 0 Å². The Balaban J connectivity index is 1.51. The lowest BCUT2D eigenvalue weighted by molar-refractivity contribution is 0.0983. The first-order valence-corrected chi connectivity index (χ1v) is 11.9. The van der Waals surface area contributed by atoms with E-state index in [1.54, 1.807) is 11.2 Å². The average Bonchev–Trinajstić information content (AvgIpc) is 3.26. The van der Waals surface area contributed by atoms with Crippen LogP contribution in [0.15, 0.2) is 67.1 Å². The average molecular weight is 476 g/mol. The van der Waals surface area contributed by atoms with Crippen molar-refractivity contribution in [3.63, 3.8) is 0 Å². The van der Waals surface area contributed by atoms with Gasteiger partial charge in [-0.2, -0.15) is 0 Å². The third-order valence-electron chi connectivity index (χ3n) is 6.12. The summed E-state index contributed by atoms with van der Waals surface area (Å²) in [5.74, 6) is 0.791. The smallest absolute Gasteiger partial charge is 0.409 e. The Labute approximate surface area is 203 Å². The minimum absolute atomic E-state index is 0.196. The molecular formula is C26H26ClN5O2. The number of piperidine rings is 1. The predicted molar refractivity (Wildman–Crippen MR) is 135 cm³/mol. The Morgan fingerprint density at radius 3 is 2.65 bits per heavy atom. The largest absolute Gasteiger partial charge is 0.450 e. The number of rotatable bonds is 5. The van der Waals surface area contributed by atoms with Crippen LogP contribution in [0.3, 0.4) is 0 Å². The van der Waals surface area contributed by atoms with Crippen molar-refractivity contribution >= 4 is 34.5 Å². The first kappa shape index (κ1) is 22.2. The second kappa shape index (κ2) is 9.73. The van der Waals surface area contributed by atoms with Gasteiger partial charge in [-0.3, -0.25) is 0 Å². The van der Waals surface area contributed by atoms with Gasteiger partial charge in [-0.1, -0.05) is 48.0 Å². The molecule has 2 aromatic carbocycles. The molecule has 1 fully saturated rings. The molecule has 0 aliphatic carbocycles. The van der Waals surface area contributed by atoms with Gasteiger partial charge in [0.1, 0.15) is 12.1 Å². The van der Waals surface area contributed by atoms with Gasteiger partial charge in [0.15, 0.2) is 5.65 Å². The number of halogens is 1. The van der Waals surface area contributed by atoms with Crippen LogP contribution in [-0.4, -0.2) is 51.3 Å². The number of hydrogen-bond acceptors (Lipinski definition) is 5. The van der Waals surface area contributed by atoms with Crippen molar-refractivity contribution < 1.29 is 9.53 Å². The number of aromatic nitrogens is 3. The van der Waals surface area contributed by atoms with Crippen molar-refractivity contribution in [3.8, 4) is 16.8 Å². The van der Waals surface area contributed by atoms with Crippen LogP contribution in [0, 0.1) is 0 Å². The van der Waals surface area contributed by atoms with Gasteiger partial charge in [-0.15, -0.1) is 0 Å². The molecule has 0 atom stereocenters. The van der Waals surface area contributed by atoms with Gasteiger partial charge in [0.2, 0.25) is 0 Å². The number of ether oxygens (including phenoxy) is 1. The van der Waals surface area contributed by atoms with E-state index in [0.29, 0.717) is 24.7 Å². The number of fused-ring (bicyclic) bond motifs is 1. The summed E-state index contributed by atoms with van der Waals surface area (Å²) in [5, 5.41) is 5.26. The van der Waals surface area contributed by atoms with E-state index in [-0.39, 0.29) is 12.1 Å². The van der Waals surface area contributed by atoms with E-state index in [9.17, 15) is 4.79 Å². The molecule has 174 valence electrons. The molecule has 8 heteroatoms. The van der Waals surface area contributed by atoms with Crippen molar-refractivity contribution in [2.75, 3.05) is 25.0 Å². The maximum absolute atomic E-state index is 12.1. The molecule has 1 aliphatic heterocycles. The van der Waals surface area contributed by atoms with E-state index >= 15 is 0 Å². The Bertz CT molecular complexity index is 1300. The number of carbonyl (C=O) groups excluding carboxylic acids is 1. The van der Waals surface area contributed by atoms with Crippen LogP contribution < -0.4 is 5.32 Å². The molecule has 0 bridgehead atoms. The summed E-state index contributed by atoms with van der Waals surface area (Å²) in [7, 11) is 0. The molecule has 34 heavy (non-hydrogen) atoms. The molecule has 0 unspecified atom stereocenters. The molecule has 2 aromatic heterocycles. The summed E-state index contributed by atoms with van der Waals surface area (Å²) in [6, 6.07) is 18.2. The van der Waals surface area contributed by atoms with Crippen molar-refractivity contribution in [2.24, 2.45) is 0 Å². The molecule has 3 heterocycles. The molecule has 0 saturated carbocycles. The second-order valence-electron chi connectivity index (χ2n) is 8.28. The van der Waals surface area contributed by atoms with Gasteiger partial charge in [-0.25, -0.2) is 14.8 Å². The van der Waals surface area contributed by atoms with Crippen LogP contribution in [0.2, 0.25) is 5.02 Å². The lowest BCUT2D eigenvalue weighted by Gasteiger charge is -2.32. The van der Waals surface area contributed by atoms with Crippen LogP contribution in [0.5, 0.6) is 0 Å². The van der Waals surface area contributed by atoms with E-state index < -0.39 is 0 Å². The van der Waals surface area contributed by atoms with Gasteiger partial charge in [0, 0.05) is 41.6 Å². The third kappa shape index (κ3) is 4.43. The quantitative estimate of drug-likeness (QED) is 0.396. The molecule has 5 rings (SSSR count). The first-order valence-electron chi connectivity index (χ1n) is 11.5. The summed E-state index contributed by atoms with van der Waals surface area (Å²) in [4.78, 5) is 23.1. The molecular weight excluding hydrogens is 450 g/mol. The van der Waals surface area contributed by atoms with Gasteiger partial charge in [0.05, 0.1) is 12.0 Å². The highest BCUT2D eigenvalue weighted by atomic mass is 35.5. The number of benzene rings is 2. The molecule has 4 aromatic rings. The highest BCUT2D eigenvalue weighted by molar-refractivity contribution is 6.30. The summed E-state index contributed by atoms with van der Waals surface area (Å²) in [6.45, 7) is 3.52. The number of nitrogens with zero attached hydrogens (tertiary/aromatic N) is 4. The highest BCUT2D eigenvalue weighted by Gasteiger charge is 2.25. The van der Waals surface area contributed by atoms with E-state index in [1.165, 1.54) is 0 Å². The summed E-state index contributed by atoms with van der Waals surface area (Å²) in [6.07, 6.45) is 5.08. The maximum Gasteiger partial charge on any atom is 0.409 e. The Hall–Kier alpha value is -3.58. The van der Waals surface area contributed by atoms with E-state index in [4.69, 9.17) is 16.3 Å². The topological polar surface area (TPSA) is 72.3 Å². The fraction of sp³-hybridized carbons (Fsp3) is 0.269. The fourth-order valence-corrected chi connectivity index (χ4v) is 4.63. The molecule has 1 amide bonds. The van der Waals surface area contributed by atoms with Crippen molar-refractivity contribution in [2.45, 2.75) is 25.8 Å². The Morgan fingerprint density at radius 1 is 1.12 bits per heavy atom. The highest BCUT2D eigenvalue weighted by Crippen LogP contribution is 2.36. The SMILES string of the molecule is CCOC(=O)N1CCC(Nc2ncnc3c2c(-c2ccccc2)cn3-c2cccc(Cl)c2)CC1. The molecule has 1 saturated heterocycles. The number of anilines is 1. The minimum atomic E-state index is -0.240. The standard InChI is InChI=1S/C26H26ClN5O2/c1-2-34-26(33)31-13-11-20(12-14-31)30-24-23-22(18-7-4-3-5-8-18)16-32(25(23)29-17-28-24)21-10-6-9-19(27)15-21/h3-10,15-17,20H,2,11-14H2,1H3,(H,28,29,30). The number of likely N-dealkylation sites (tertiary alicyclic amines) is 1. The van der Waals surface area contributed by atoms with Gasteiger partial charge < -0.3 is 19.5 Å². The summed E-state index contributed by atoms with van der Waals surface area (Å²) in [5.41, 5.74) is 3.88. The van der Waals surface area contributed by atoms with E-state index in [2.05, 4.69) is 38.2 Å². The maximum atomic E-state index is 12.1. The minimum Gasteiger partial charge on any atom is -0.450 e. The van der Waals surface area contributed by atoms with Crippen LogP contribution in [-0.2, 0) is 4.74 Å². The zero-order valence-electron chi connectivity index (χ0n) is 18.9. The summed E-state index contributed by atoms with van der Waals surface area (Å²) >= 11 is 6.29. The Kier molecular flexibility index (Phi) is 6.36. The molecule has 1 N–H and O–H groups in total. The second-order valence-corrected chi connectivity index (χ2v) is 8.72. The van der Waals surface area contributed by atoms with Crippen LogP contribution in [0.25, 0.3) is 27.8 Å². The molecule has 0 spiro atoms. The lowest BCUT2D eigenvalue weighted by atomic mass is 10.0. The molecule has 1 aliphatic rings. The molecule has 7 nitrogen and oxygen atoms in total. The fourth-order valence-electron chi connectivity index (χ4n) is 4.45. The monoisotopic (exact) mass is 475 g/mol. The predicted octanol–water partition coefficient (Wildman–Crippen LogP) is 5.77. The zero-order valence-corrected chi connectivity index (χ0v) is 19.7. The van der Waals surface area contributed by atoms with E-state index in [1.807, 2.05) is 49.4 Å². The van der Waals surface area contributed by atoms with Crippen molar-refractivity contribution in [1.82, 2.24) is 19.4 Å². The molecule has 0 radical (unpaired) electrons. The summed E-state index contributed by atoms with van der Waals surface area (Å²) < 4.78 is 7.20. The van der Waals surface area contributed by atoms with Gasteiger partial charge in [0.25, 0.3) is 0 Å². The third-order valence-corrected chi connectivity index (χ3v) is 6.35. The van der Waals surface area contributed by atoms with Crippen LogP contribution in [0.4, 0.5) is 10.6 Å². The zero-order chi connectivity index (χ0) is 23.5. The van der Waals surface area contributed by atoms with Crippen LogP contribution >= 0.6 is 11.6 Å². The van der Waals surface area contributed by atoms with Gasteiger partial charge >= 0.3 is 6.09 Å². The van der Waals surface area contributed by atoms with Crippen molar-refractivity contribution in [3.05, 3.63) is 72.1 Å². The normalized spacial score (nSPS) is 14.4. The number of nitrogens with one attached hydrogen (secondary N) is 1. The number of carbonyl (C=O) groups is 1. The van der Waals surface area contributed by atoms with Crippen LogP contribution in [0.1, 0.15) is 19.8 Å². The number of amides is 1. The Morgan fingerprint density at radius 2 is 1.91 bits per heavy atom. The van der Waals surface area contributed by atoms with E-state index in [0.717, 1.165) is 46.5 Å². The lowest BCUT2D eigenvalue weighted by Crippen LogP contribution is -2.42. The van der Waals surface area contributed by atoms with Gasteiger partial charge in [-0.05, 0) is 43.5 Å². The first-order chi connectivity index (χ1) is 16.6. The number of hydrogen-bond donors (Lipinski definition) is 1.